The van der Waals surface area contributed by atoms with Crippen LogP contribution in [0, 0.1) is 5.41 Å². The van der Waals surface area contributed by atoms with Gasteiger partial charge in [-0.15, -0.1) is 0 Å². The van der Waals surface area contributed by atoms with E-state index in [0.717, 1.165) is 5.39 Å². The van der Waals surface area contributed by atoms with Gasteiger partial charge in [-0.05, 0) is 41.5 Å². The number of amidine groups is 1. The van der Waals surface area contributed by atoms with Gasteiger partial charge in [0.15, 0.2) is 5.78 Å². The number of Topliss-reactive ketones (excluding diaryl/α,β-unsaturated/α-hetero) is 1. The van der Waals surface area contributed by atoms with Gasteiger partial charge < -0.3 is 17.2 Å². The molecule has 4 rings (SSSR count). The van der Waals surface area contributed by atoms with E-state index >= 15 is 0 Å². The number of benzene rings is 4. The van der Waals surface area contributed by atoms with Crippen LogP contribution in [0.15, 0.2) is 91.0 Å². The summed E-state index contributed by atoms with van der Waals surface area (Å²) >= 11 is 0. The number of hydrogen-bond donors (Lipinski definition) is 4. The van der Waals surface area contributed by atoms with Gasteiger partial charge in [-0.25, -0.2) is 0 Å². The van der Waals surface area contributed by atoms with E-state index in [2.05, 4.69) is 0 Å². The maximum absolute atomic E-state index is 14.0. The van der Waals surface area contributed by atoms with Crippen molar-refractivity contribution >= 4 is 39.9 Å². The van der Waals surface area contributed by atoms with Crippen LogP contribution in [0.4, 0.5) is 5.69 Å². The van der Waals surface area contributed by atoms with E-state index in [-0.39, 0.29) is 22.6 Å². The number of carbonyl (C=O) groups is 3. The summed E-state index contributed by atoms with van der Waals surface area (Å²) in [5, 5.41) is 9.08. The first-order valence-corrected chi connectivity index (χ1v) is 11.6. The van der Waals surface area contributed by atoms with Crippen molar-refractivity contribution in [2.24, 2.45) is 17.2 Å². The molecule has 4 aromatic rings. The summed E-state index contributed by atoms with van der Waals surface area (Å²) in [4.78, 5) is 41.4. The lowest BCUT2D eigenvalue weighted by atomic mass is 9.91. The van der Waals surface area contributed by atoms with Crippen LogP contribution in [0.3, 0.4) is 0 Å². The molecule has 8 nitrogen and oxygen atoms in total. The lowest BCUT2D eigenvalue weighted by molar-refractivity contribution is -0.118. The number of nitrogens with zero attached hydrogens (tertiary/aromatic N) is 1. The Morgan fingerprint density at radius 3 is 2.14 bits per heavy atom. The fourth-order valence-corrected chi connectivity index (χ4v) is 4.27. The average molecular weight is 494 g/mol. The molecule has 0 saturated heterocycles. The SMILES string of the molecule is C[C@H](C(N)=O)N(C(=O)c1cccc(C(=N)N)c1)c1ccc2ccccc2c1C(=O)C(N)c1ccccc1. The number of nitrogen functional groups attached to an aromatic ring is 1. The van der Waals surface area contributed by atoms with Gasteiger partial charge in [-0.3, -0.25) is 24.7 Å². The molecule has 0 heterocycles. The van der Waals surface area contributed by atoms with E-state index in [1.165, 1.54) is 17.9 Å². The predicted molar refractivity (Wildman–Crippen MR) is 145 cm³/mol. The molecule has 0 aromatic heterocycles. The minimum atomic E-state index is -1.10. The summed E-state index contributed by atoms with van der Waals surface area (Å²) < 4.78 is 0. The molecule has 186 valence electrons. The van der Waals surface area contributed by atoms with Gasteiger partial charge in [0.1, 0.15) is 11.9 Å². The van der Waals surface area contributed by atoms with Gasteiger partial charge in [-0.2, -0.15) is 0 Å². The first-order chi connectivity index (χ1) is 17.7. The largest absolute Gasteiger partial charge is 0.384 e. The topological polar surface area (TPSA) is 156 Å². The third-order valence-electron chi connectivity index (χ3n) is 6.29. The van der Waals surface area contributed by atoms with Crippen molar-refractivity contribution < 1.29 is 14.4 Å². The Labute approximate surface area is 214 Å². The fraction of sp³-hybridized carbons (Fsp3) is 0.103. The van der Waals surface area contributed by atoms with Crippen molar-refractivity contribution in [3.05, 3.63) is 113 Å². The highest BCUT2D eigenvalue weighted by Gasteiger charge is 2.33. The Bertz CT molecular complexity index is 1520. The molecule has 0 bridgehead atoms. The Morgan fingerprint density at radius 1 is 0.811 bits per heavy atom. The summed E-state index contributed by atoms with van der Waals surface area (Å²) in [5.74, 6) is -1.95. The Kier molecular flexibility index (Phi) is 7.13. The van der Waals surface area contributed by atoms with Crippen LogP contribution in [-0.2, 0) is 4.79 Å². The highest BCUT2D eigenvalue weighted by atomic mass is 16.2. The third-order valence-corrected chi connectivity index (χ3v) is 6.29. The predicted octanol–water partition coefficient (Wildman–Crippen LogP) is 3.53. The van der Waals surface area contributed by atoms with Crippen molar-refractivity contribution in [3.63, 3.8) is 0 Å². The summed E-state index contributed by atoms with van der Waals surface area (Å²) in [6.07, 6.45) is 0. The van der Waals surface area contributed by atoms with Crippen molar-refractivity contribution in [2.45, 2.75) is 19.0 Å². The van der Waals surface area contributed by atoms with Crippen LogP contribution in [0.25, 0.3) is 10.8 Å². The van der Waals surface area contributed by atoms with Gasteiger partial charge in [0.05, 0.1) is 17.3 Å². The van der Waals surface area contributed by atoms with Crippen molar-refractivity contribution in [3.8, 4) is 0 Å². The minimum absolute atomic E-state index is 0.180. The van der Waals surface area contributed by atoms with E-state index < -0.39 is 29.7 Å². The molecule has 7 N–H and O–H groups in total. The second-order valence-electron chi connectivity index (χ2n) is 8.68. The number of hydrogen-bond acceptors (Lipinski definition) is 5. The van der Waals surface area contributed by atoms with Crippen molar-refractivity contribution in [2.75, 3.05) is 4.90 Å². The molecular weight excluding hydrogens is 466 g/mol. The number of anilines is 1. The van der Waals surface area contributed by atoms with Crippen molar-refractivity contribution in [1.29, 1.82) is 5.41 Å². The van der Waals surface area contributed by atoms with E-state index in [1.807, 2.05) is 18.2 Å². The van der Waals surface area contributed by atoms with Crippen LogP contribution in [0.1, 0.15) is 44.8 Å². The van der Waals surface area contributed by atoms with Crippen molar-refractivity contribution in [1.82, 2.24) is 0 Å². The second-order valence-corrected chi connectivity index (χ2v) is 8.68. The molecule has 0 aliphatic heterocycles. The zero-order chi connectivity index (χ0) is 26.7. The smallest absolute Gasteiger partial charge is 0.259 e. The first-order valence-electron chi connectivity index (χ1n) is 11.6. The molecule has 2 atom stereocenters. The number of nitrogens with two attached hydrogens (primary N) is 3. The molecule has 0 spiro atoms. The molecule has 37 heavy (non-hydrogen) atoms. The van der Waals surface area contributed by atoms with Crippen LogP contribution < -0.4 is 22.1 Å². The van der Waals surface area contributed by atoms with Crippen LogP contribution >= 0.6 is 0 Å². The molecule has 4 aromatic carbocycles. The Balaban J connectivity index is 1.95. The summed E-state index contributed by atoms with van der Waals surface area (Å²) in [7, 11) is 0. The highest BCUT2D eigenvalue weighted by molar-refractivity contribution is 6.20. The Hall–Kier alpha value is -4.82. The summed E-state index contributed by atoms with van der Waals surface area (Å²) in [6, 6.07) is 23.7. The quantitative estimate of drug-likeness (QED) is 0.168. The van der Waals surface area contributed by atoms with E-state index in [0.29, 0.717) is 16.5 Å². The zero-order valence-corrected chi connectivity index (χ0v) is 20.2. The lowest BCUT2D eigenvalue weighted by Crippen LogP contribution is -2.47. The van der Waals surface area contributed by atoms with Crippen LogP contribution in [0.5, 0.6) is 0 Å². The Morgan fingerprint density at radius 2 is 1.46 bits per heavy atom. The normalized spacial score (nSPS) is 12.5. The molecular formula is C29H27N5O3. The maximum Gasteiger partial charge on any atom is 0.259 e. The number of nitrogens with one attached hydrogen (secondary N) is 1. The molecule has 2 amide bonds. The van der Waals surface area contributed by atoms with E-state index in [4.69, 9.17) is 22.6 Å². The second kappa shape index (κ2) is 10.4. The highest BCUT2D eigenvalue weighted by Crippen LogP contribution is 2.34. The van der Waals surface area contributed by atoms with Gasteiger partial charge in [-0.1, -0.05) is 72.8 Å². The number of fused-ring (bicyclic) bond motifs is 1. The maximum atomic E-state index is 14.0. The van der Waals surface area contributed by atoms with Gasteiger partial charge >= 0.3 is 0 Å². The van der Waals surface area contributed by atoms with Crippen LogP contribution in [-0.4, -0.2) is 29.5 Å². The number of primary amides is 1. The van der Waals surface area contributed by atoms with E-state index in [1.54, 1.807) is 66.7 Å². The molecule has 0 fully saturated rings. The molecule has 0 saturated carbocycles. The summed E-state index contributed by atoms with van der Waals surface area (Å²) in [5.41, 5.74) is 19.3. The van der Waals surface area contributed by atoms with Gasteiger partial charge in [0.2, 0.25) is 5.91 Å². The van der Waals surface area contributed by atoms with Gasteiger partial charge in [0.25, 0.3) is 5.91 Å². The molecule has 0 aliphatic carbocycles. The molecule has 8 heteroatoms. The van der Waals surface area contributed by atoms with Gasteiger partial charge in [0, 0.05) is 11.1 Å². The third kappa shape index (κ3) is 4.96. The molecule has 0 aliphatic rings. The van der Waals surface area contributed by atoms with Crippen LogP contribution in [0.2, 0.25) is 0 Å². The molecule has 0 radical (unpaired) electrons. The standard InChI is InChI=1S/C29H27N5O3/c1-17(28(33)36)34(29(37)21-12-7-11-20(16-21)27(31)32)23-15-14-18-8-5-6-13-22(18)24(23)26(35)25(30)19-9-3-2-4-10-19/h2-17,25H,30H2,1H3,(H3,31,32)(H2,33,36)/t17-,25?/m1/s1. The lowest BCUT2D eigenvalue weighted by Gasteiger charge is -2.30. The number of amides is 2. The number of rotatable bonds is 8. The van der Waals surface area contributed by atoms with E-state index in [9.17, 15) is 14.4 Å². The fourth-order valence-electron chi connectivity index (χ4n) is 4.27. The monoisotopic (exact) mass is 493 g/mol. The zero-order valence-electron chi connectivity index (χ0n) is 20.2. The summed E-state index contributed by atoms with van der Waals surface area (Å²) in [6.45, 7) is 1.50. The number of carbonyl (C=O) groups excluding carboxylic acids is 3. The first kappa shape index (κ1) is 25.3. The number of ketones is 1. The minimum Gasteiger partial charge on any atom is -0.384 e. The molecule has 1 unspecified atom stereocenters. The average Bonchev–Trinajstić information content (AvgIpc) is 2.92.